The predicted octanol–water partition coefficient (Wildman–Crippen LogP) is 3.04. The van der Waals surface area contributed by atoms with Crippen molar-refractivity contribution in [2.24, 2.45) is 5.92 Å². The van der Waals surface area contributed by atoms with Crippen molar-refractivity contribution in [2.75, 3.05) is 18.4 Å². The van der Waals surface area contributed by atoms with E-state index < -0.39 is 10.0 Å². The third-order valence-corrected chi connectivity index (χ3v) is 7.14. The minimum atomic E-state index is -3.68. The maximum Gasteiger partial charge on any atom is 0.246 e. The van der Waals surface area contributed by atoms with Crippen LogP contribution in [0, 0.1) is 5.92 Å². The van der Waals surface area contributed by atoms with Crippen molar-refractivity contribution >= 4 is 33.7 Å². The number of rotatable bonds is 8. The molecular weight excluding hydrogens is 468 g/mol. The third-order valence-electron chi connectivity index (χ3n) is 5.72. The zero-order valence-electron chi connectivity index (χ0n) is 19.0. The number of furan rings is 1. The van der Waals surface area contributed by atoms with Crippen LogP contribution in [0.5, 0.6) is 0 Å². The molecular formula is C25H26N4O5S. The molecule has 9 nitrogen and oxygen atoms in total. The van der Waals surface area contributed by atoms with Crippen LogP contribution in [0.25, 0.3) is 6.08 Å². The van der Waals surface area contributed by atoms with Gasteiger partial charge < -0.3 is 14.6 Å². The molecule has 1 aliphatic heterocycles. The van der Waals surface area contributed by atoms with E-state index in [1.807, 2.05) is 6.07 Å². The summed E-state index contributed by atoms with van der Waals surface area (Å²) in [5.41, 5.74) is 0.702. The van der Waals surface area contributed by atoms with Gasteiger partial charge in [-0.1, -0.05) is 18.2 Å². The fourth-order valence-electron chi connectivity index (χ4n) is 3.72. The molecule has 2 N–H and O–H groups in total. The van der Waals surface area contributed by atoms with Gasteiger partial charge in [-0.15, -0.1) is 0 Å². The van der Waals surface area contributed by atoms with Gasteiger partial charge in [-0.05, 0) is 60.9 Å². The second-order valence-corrected chi connectivity index (χ2v) is 9.88. The molecule has 1 saturated heterocycles. The second kappa shape index (κ2) is 11.1. The van der Waals surface area contributed by atoms with E-state index in [4.69, 9.17) is 4.42 Å². The van der Waals surface area contributed by atoms with Crippen molar-refractivity contribution in [3.05, 3.63) is 84.5 Å². The standard InChI is InChI=1S/C25H26N4O5S/c30-24(29-15-12-20(13-16-29)25(31)28-23-5-1-2-14-26-23)11-8-19-6-9-22(10-7-19)35(32,33)27-18-21-4-3-17-34-21/h1-11,14,17,20,27H,12-13,15-16,18H2,(H,26,28,31). The van der Waals surface area contributed by atoms with Crippen LogP contribution < -0.4 is 10.0 Å². The average molecular weight is 495 g/mol. The van der Waals surface area contributed by atoms with Crippen LogP contribution in [0.3, 0.4) is 0 Å². The Bertz CT molecular complexity index is 1270. The zero-order chi connectivity index (χ0) is 24.7. The number of hydrogen-bond acceptors (Lipinski definition) is 6. The Kier molecular flexibility index (Phi) is 7.74. The number of nitrogens with zero attached hydrogens (tertiary/aromatic N) is 2. The van der Waals surface area contributed by atoms with E-state index in [0.717, 1.165) is 0 Å². The first kappa shape index (κ1) is 24.4. The van der Waals surface area contributed by atoms with Gasteiger partial charge in [-0.25, -0.2) is 18.1 Å². The number of anilines is 1. The van der Waals surface area contributed by atoms with E-state index in [0.29, 0.717) is 43.1 Å². The number of pyridine rings is 1. The fourth-order valence-corrected chi connectivity index (χ4v) is 4.71. The number of likely N-dealkylation sites (tertiary alicyclic amines) is 1. The van der Waals surface area contributed by atoms with E-state index in [1.165, 1.54) is 24.5 Å². The molecule has 0 radical (unpaired) electrons. The summed E-state index contributed by atoms with van der Waals surface area (Å²) in [6.45, 7) is 1.04. The number of sulfonamides is 1. The van der Waals surface area contributed by atoms with Gasteiger partial charge in [-0.3, -0.25) is 9.59 Å². The maximum absolute atomic E-state index is 12.6. The highest BCUT2D eigenvalue weighted by atomic mass is 32.2. The van der Waals surface area contributed by atoms with Crippen LogP contribution in [0.1, 0.15) is 24.2 Å². The van der Waals surface area contributed by atoms with Gasteiger partial charge in [-0.2, -0.15) is 0 Å². The number of carbonyl (C=O) groups excluding carboxylic acids is 2. The first-order chi connectivity index (χ1) is 16.9. The topological polar surface area (TPSA) is 122 Å². The normalized spacial score (nSPS) is 14.8. The van der Waals surface area contributed by atoms with E-state index in [2.05, 4.69) is 15.0 Å². The maximum atomic E-state index is 12.6. The van der Waals surface area contributed by atoms with Crippen molar-refractivity contribution < 1.29 is 22.4 Å². The van der Waals surface area contributed by atoms with Crippen LogP contribution in [0.2, 0.25) is 0 Å². The molecule has 0 saturated carbocycles. The molecule has 10 heteroatoms. The summed E-state index contributed by atoms with van der Waals surface area (Å²) in [7, 11) is -3.68. The number of aromatic nitrogens is 1. The molecule has 182 valence electrons. The first-order valence-corrected chi connectivity index (χ1v) is 12.7. The lowest BCUT2D eigenvalue weighted by atomic mass is 9.96. The number of piperidine rings is 1. The molecule has 35 heavy (non-hydrogen) atoms. The highest BCUT2D eigenvalue weighted by Crippen LogP contribution is 2.20. The number of hydrogen-bond donors (Lipinski definition) is 2. The molecule has 0 unspecified atom stereocenters. The van der Waals surface area contributed by atoms with Gasteiger partial charge in [0.1, 0.15) is 11.6 Å². The van der Waals surface area contributed by atoms with Gasteiger partial charge in [0.05, 0.1) is 17.7 Å². The van der Waals surface area contributed by atoms with E-state index >= 15 is 0 Å². The minimum Gasteiger partial charge on any atom is -0.468 e. The van der Waals surface area contributed by atoms with Crippen molar-refractivity contribution in [3.8, 4) is 0 Å². The SMILES string of the molecule is O=C(Nc1ccccn1)C1CCN(C(=O)C=Cc2ccc(S(=O)(=O)NCc3ccco3)cc2)CC1. The summed E-state index contributed by atoms with van der Waals surface area (Å²) in [6.07, 6.45) is 7.37. The number of amides is 2. The number of nitrogens with one attached hydrogen (secondary N) is 2. The van der Waals surface area contributed by atoms with Crippen molar-refractivity contribution in [3.63, 3.8) is 0 Å². The van der Waals surface area contributed by atoms with Crippen molar-refractivity contribution in [1.82, 2.24) is 14.6 Å². The largest absolute Gasteiger partial charge is 0.468 e. The summed E-state index contributed by atoms with van der Waals surface area (Å²) in [5.74, 6) is 0.641. The summed E-state index contributed by atoms with van der Waals surface area (Å²) < 4.78 is 32.5. The molecule has 3 aromatic rings. The fraction of sp³-hybridized carbons (Fsp3) is 0.240. The van der Waals surface area contributed by atoms with Crippen LogP contribution >= 0.6 is 0 Å². The van der Waals surface area contributed by atoms with Gasteiger partial charge in [0.25, 0.3) is 0 Å². The first-order valence-electron chi connectivity index (χ1n) is 11.2. The summed E-state index contributed by atoms with van der Waals surface area (Å²) in [5, 5.41) is 2.81. The quantitative estimate of drug-likeness (QED) is 0.464. The molecule has 0 spiro atoms. The Morgan fingerprint density at radius 2 is 1.83 bits per heavy atom. The van der Waals surface area contributed by atoms with Gasteiger partial charge in [0.2, 0.25) is 21.8 Å². The van der Waals surface area contributed by atoms with Crippen LogP contribution in [-0.4, -0.2) is 43.2 Å². The summed E-state index contributed by atoms with van der Waals surface area (Å²) in [4.78, 5) is 30.9. The lowest BCUT2D eigenvalue weighted by molar-refractivity contribution is -0.130. The molecule has 2 aromatic heterocycles. The third kappa shape index (κ3) is 6.65. The van der Waals surface area contributed by atoms with Gasteiger partial charge in [0, 0.05) is 31.3 Å². The van der Waals surface area contributed by atoms with Crippen LogP contribution in [-0.2, 0) is 26.2 Å². The molecule has 1 aliphatic rings. The van der Waals surface area contributed by atoms with E-state index in [-0.39, 0.29) is 29.2 Å². The Balaban J connectivity index is 1.26. The van der Waals surface area contributed by atoms with Crippen molar-refractivity contribution in [1.29, 1.82) is 0 Å². The molecule has 4 rings (SSSR count). The van der Waals surface area contributed by atoms with Crippen molar-refractivity contribution in [2.45, 2.75) is 24.3 Å². The molecule has 1 fully saturated rings. The van der Waals surface area contributed by atoms with Crippen LogP contribution in [0.15, 0.2) is 82.4 Å². The molecule has 1 aromatic carbocycles. The monoisotopic (exact) mass is 494 g/mol. The minimum absolute atomic E-state index is 0.0625. The Labute approximate surface area is 203 Å². The number of carbonyl (C=O) groups is 2. The molecule has 3 heterocycles. The zero-order valence-corrected chi connectivity index (χ0v) is 19.8. The Hall–Kier alpha value is -3.76. The smallest absolute Gasteiger partial charge is 0.246 e. The lowest BCUT2D eigenvalue weighted by Gasteiger charge is -2.30. The predicted molar refractivity (Wildman–Crippen MR) is 130 cm³/mol. The average Bonchev–Trinajstić information content (AvgIpc) is 3.41. The molecule has 0 aliphatic carbocycles. The van der Waals surface area contributed by atoms with Crippen LogP contribution in [0.4, 0.5) is 5.82 Å². The highest BCUT2D eigenvalue weighted by Gasteiger charge is 2.26. The number of benzene rings is 1. The Morgan fingerprint density at radius 3 is 2.49 bits per heavy atom. The second-order valence-electron chi connectivity index (χ2n) is 8.11. The summed E-state index contributed by atoms with van der Waals surface area (Å²) >= 11 is 0. The highest BCUT2D eigenvalue weighted by molar-refractivity contribution is 7.89. The molecule has 0 bridgehead atoms. The van der Waals surface area contributed by atoms with E-state index in [1.54, 1.807) is 53.6 Å². The van der Waals surface area contributed by atoms with Gasteiger partial charge >= 0.3 is 0 Å². The Morgan fingerprint density at radius 1 is 1.06 bits per heavy atom. The van der Waals surface area contributed by atoms with E-state index in [9.17, 15) is 18.0 Å². The lowest BCUT2D eigenvalue weighted by Crippen LogP contribution is -2.40. The molecule has 2 amide bonds. The van der Waals surface area contributed by atoms with Gasteiger partial charge in [0.15, 0.2) is 0 Å². The summed E-state index contributed by atoms with van der Waals surface area (Å²) in [6, 6.07) is 15.0. The molecule has 0 atom stereocenters.